The summed E-state index contributed by atoms with van der Waals surface area (Å²) < 4.78 is 7.31. The summed E-state index contributed by atoms with van der Waals surface area (Å²) in [6.07, 6.45) is 5.73. The molecular weight excluding hydrogens is 370 g/mol. The van der Waals surface area contributed by atoms with Gasteiger partial charge < -0.3 is 14.5 Å². The summed E-state index contributed by atoms with van der Waals surface area (Å²) in [4.78, 5) is 31.1. The molecule has 8 nitrogen and oxygen atoms in total. The Labute approximate surface area is 172 Å². The van der Waals surface area contributed by atoms with E-state index in [0.29, 0.717) is 32.3 Å². The Balaban J connectivity index is 1.34. The van der Waals surface area contributed by atoms with Crippen LogP contribution in [0.2, 0.25) is 0 Å². The molecule has 1 saturated heterocycles. The lowest BCUT2D eigenvalue weighted by Crippen LogP contribution is -2.53. The van der Waals surface area contributed by atoms with Crippen molar-refractivity contribution in [3.8, 4) is 0 Å². The van der Waals surface area contributed by atoms with Crippen LogP contribution >= 0.6 is 0 Å². The first kappa shape index (κ1) is 20.3. The highest BCUT2D eigenvalue weighted by atomic mass is 16.5. The third-order valence-electron chi connectivity index (χ3n) is 6.33. The number of amides is 2. The monoisotopic (exact) mass is 403 g/mol. The molecule has 0 radical (unpaired) electrons. The minimum Gasteiger partial charge on any atom is -0.372 e. The molecule has 0 aromatic carbocycles. The first-order valence-corrected chi connectivity index (χ1v) is 11.1. The van der Waals surface area contributed by atoms with Gasteiger partial charge in [-0.15, -0.1) is 0 Å². The van der Waals surface area contributed by atoms with Gasteiger partial charge in [0.25, 0.3) is 0 Å². The van der Waals surface area contributed by atoms with E-state index in [2.05, 4.69) is 15.9 Å². The molecule has 1 saturated carbocycles. The Morgan fingerprint density at radius 2 is 1.97 bits per heavy atom. The molecular formula is C21H33N5O3. The average Bonchev–Trinajstić information content (AvgIpc) is 3.32. The number of carbonyl (C=O) groups is 2. The zero-order valence-electron chi connectivity index (χ0n) is 17.5. The zero-order chi connectivity index (χ0) is 20.2. The fourth-order valence-corrected chi connectivity index (χ4v) is 4.79. The molecule has 160 valence electrons. The summed E-state index contributed by atoms with van der Waals surface area (Å²) >= 11 is 0. The predicted molar refractivity (Wildman–Crippen MR) is 108 cm³/mol. The van der Waals surface area contributed by atoms with E-state index >= 15 is 0 Å². The molecule has 1 aromatic heterocycles. The summed E-state index contributed by atoms with van der Waals surface area (Å²) in [7, 11) is 0. The maximum atomic E-state index is 12.6. The van der Waals surface area contributed by atoms with E-state index in [1.165, 1.54) is 12.8 Å². The highest BCUT2D eigenvalue weighted by Gasteiger charge is 2.31. The van der Waals surface area contributed by atoms with Gasteiger partial charge in [0.15, 0.2) is 0 Å². The third-order valence-corrected chi connectivity index (χ3v) is 6.33. The van der Waals surface area contributed by atoms with Crippen LogP contribution in [0.3, 0.4) is 0 Å². The quantitative estimate of drug-likeness (QED) is 0.715. The number of hydrogen-bond acceptors (Lipinski definition) is 5. The van der Waals surface area contributed by atoms with Crippen molar-refractivity contribution >= 4 is 11.8 Å². The Hall–Kier alpha value is -1.93. The molecule has 3 aliphatic rings. The summed E-state index contributed by atoms with van der Waals surface area (Å²) in [5.41, 5.74) is 2.06. The maximum Gasteiger partial charge on any atom is 0.248 e. The van der Waals surface area contributed by atoms with Crippen LogP contribution in [0.4, 0.5) is 0 Å². The number of fused-ring (bicyclic) bond motifs is 1. The first-order chi connectivity index (χ1) is 14.1. The lowest BCUT2D eigenvalue weighted by atomic mass is 10.1. The summed E-state index contributed by atoms with van der Waals surface area (Å²) in [5, 5.41) is 4.76. The standard InChI is InChI=1S/C21H33N5O3/c1-2-29-16-21(28)24-8-5-9-26-19(14-24)12-17(22-26)13-23-10-11-25(20(27)15-23)18-6-3-4-7-18/h12,18H,2-11,13-16H2,1H3. The predicted octanol–water partition coefficient (Wildman–Crippen LogP) is 1.24. The van der Waals surface area contributed by atoms with E-state index in [1.54, 1.807) is 0 Å². The topological polar surface area (TPSA) is 70.9 Å². The molecule has 2 fully saturated rings. The first-order valence-electron chi connectivity index (χ1n) is 11.1. The number of hydrogen-bond donors (Lipinski definition) is 0. The van der Waals surface area contributed by atoms with Gasteiger partial charge in [0, 0.05) is 45.4 Å². The van der Waals surface area contributed by atoms with E-state index in [0.717, 1.165) is 56.8 Å². The zero-order valence-corrected chi connectivity index (χ0v) is 17.5. The van der Waals surface area contributed by atoms with E-state index in [9.17, 15) is 9.59 Å². The maximum absolute atomic E-state index is 12.6. The summed E-state index contributed by atoms with van der Waals surface area (Å²) in [5.74, 6) is 0.299. The second kappa shape index (κ2) is 9.26. The number of rotatable bonds is 6. The molecule has 4 rings (SSSR count). The van der Waals surface area contributed by atoms with Gasteiger partial charge in [0.1, 0.15) is 6.61 Å². The molecule has 29 heavy (non-hydrogen) atoms. The van der Waals surface area contributed by atoms with Gasteiger partial charge in [0.2, 0.25) is 11.8 Å². The second-order valence-corrected chi connectivity index (χ2v) is 8.39. The Kier molecular flexibility index (Phi) is 6.50. The molecule has 0 unspecified atom stereocenters. The average molecular weight is 404 g/mol. The molecule has 0 atom stereocenters. The van der Waals surface area contributed by atoms with Crippen LogP contribution in [0, 0.1) is 0 Å². The fraction of sp³-hybridized carbons (Fsp3) is 0.762. The molecule has 2 aliphatic heterocycles. The van der Waals surface area contributed by atoms with E-state index in [1.807, 2.05) is 16.5 Å². The summed E-state index contributed by atoms with van der Waals surface area (Å²) in [6, 6.07) is 2.56. The van der Waals surface area contributed by atoms with E-state index < -0.39 is 0 Å². The molecule has 1 aliphatic carbocycles. The van der Waals surface area contributed by atoms with Crippen LogP contribution in [0.15, 0.2) is 6.07 Å². The van der Waals surface area contributed by atoms with E-state index in [-0.39, 0.29) is 18.4 Å². The van der Waals surface area contributed by atoms with Crippen LogP contribution in [0.1, 0.15) is 50.4 Å². The number of aromatic nitrogens is 2. The lowest BCUT2D eigenvalue weighted by molar-refractivity contribution is -0.139. The van der Waals surface area contributed by atoms with Crippen LogP contribution in [0.5, 0.6) is 0 Å². The van der Waals surface area contributed by atoms with Gasteiger partial charge in [-0.3, -0.25) is 19.2 Å². The van der Waals surface area contributed by atoms with E-state index in [4.69, 9.17) is 9.84 Å². The van der Waals surface area contributed by atoms with Crippen molar-refractivity contribution in [2.75, 3.05) is 39.4 Å². The van der Waals surface area contributed by atoms with Crippen molar-refractivity contribution in [1.29, 1.82) is 0 Å². The van der Waals surface area contributed by atoms with Crippen molar-refractivity contribution in [3.63, 3.8) is 0 Å². The van der Waals surface area contributed by atoms with Crippen LogP contribution in [-0.4, -0.2) is 81.7 Å². The highest BCUT2D eigenvalue weighted by molar-refractivity contribution is 5.79. The largest absolute Gasteiger partial charge is 0.372 e. The van der Waals surface area contributed by atoms with Gasteiger partial charge in [-0.05, 0) is 32.3 Å². The molecule has 0 bridgehead atoms. The Bertz CT molecular complexity index is 728. The molecule has 8 heteroatoms. The van der Waals surface area contributed by atoms with Crippen LogP contribution in [-0.2, 0) is 34.0 Å². The molecule has 1 aromatic rings. The van der Waals surface area contributed by atoms with Gasteiger partial charge in [-0.25, -0.2) is 0 Å². The molecule has 0 N–H and O–H groups in total. The highest BCUT2D eigenvalue weighted by Crippen LogP contribution is 2.25. The van der Waals surface area contributed by atoms with Crippen molar-refractivity contribution < 1.29 is 14.3 Å². The third kappa shape index (κ3) is 4.80. The van der Waals surface area contributed by atoms with Gasteiger partial charge in [-0.2, -0.15) is 5.10 Å². The van der Waals surface area contributed by atoms with Crippen molar-refractivity contribution in [2.24, 2.45) is 0 Å². The van der Waals surface area contributed by atoms with Gasteiger partial charge in [0.05, 0.1) is 24.5 Å². The number of carbonyl (C=O) groups excluding carboxylic acids is 2. The normalized spacial score (nSPS) is 21.5. The number of nitrogens with zero attached hydrogens (tertiary/aromatic N) is 5. The van der Waals surface area contributed by atoms with Crippen molar-refractivity contribution in [3.05, 3.63) is 17.5 Å². The fourth-order valence-electron chi connectivity index (χ4n) is 4.79. The van der Waals surface area contributed by atoms with Gasteiger partial charge in [-0.1, -0.05) is 12.8 Å². The SMILES string of the molecule is CCOCC(=O)N1CCCn2nc(CN3CCN(C4CCCC4)C(=O)C3)cc2C1. The smallest absolute Gasteiger partial charge is 0.248 e. The summed E-state index contributed by atoms with van der Waals surface area (Å²) in [6.45, 7) is 7.64. The molecule has 0 spiro atoms. The number of ether oxygens (including phenoxy) is 1. The Morgan fingerprint density at radius 1 is 1.14 bits per heavy atom. The number of piperazine rings is 1. The minimum absolute atomic E-state index is 0.0386. The second-order valence-electron chi connectivity index (χ2n) is 8.39. The van der Waals surface area contributed by atoms with Crippen LogP contribution in [0.25, 0.3) is 0 Å². The molecule has 2 amide bonds. The molecule has 3 heterocycles. The number of aryl methyl sites for hydroxylation is 1. The van der Waals surface area contributed by atoms with Crippen molar-refractivity contribution in [1.82, 2.24) is 24.5 Å². The Morgan fingerprint density at radius 3 is 2.72 bits per heavy atom. The van der Waals surface area contributed by atoms with Gasteiger partial charge >= 0.3 is 0 Å². The van der Waals surface area contributed by atoms with Crippen LogP contribution < -0.4 is 0 Å². The minimum atomic E-state index is 0.0386. The lowest BCUT2D eigenvalue weighted by Gasteiger charge is -2.37. The van der Waals surface area contributed by atoms with Crippen molar-refractivity contribution in [2.45, 2.75) is 64.7 Å².